The van der Waals surface area contributed by atoms with Crippen LogP contribution in [0.2, 0.25) is 0 Å². The molecule has 1 atom stereocenters. The molecule has 2 amide bonds. The van der Waals surface area contributed by atoms with Gasteiger partial charge in [0.25, 0.3) is 5.91 Å². The molecule has 0 aromatic heterocycles. The van der Waals surface area contributed by atoms with E-state index in [1.807, 2.05) is 0 Å². The zero-order valence-corrected chi connectivity index (χ0v) is 12.2. The van der Waals surface area contributed by atoms with Gasteiger partial charge < -0.3 is 15.0 Å². The van der Waals surface area contributed by atoms with E-state index in [0.717, 1.165) is 0 Å². The maximum atomic E-state index is 13.3. The Bertz CT molecular complexity index is 591. The van der Waals surface area contributed by atoms with Crippen LogP contribution in [0.25, 0.3) is 0 Å². The standard InChI is InChI=1S/C15H17FN2O4/c1-18-9-10(13(19)15(18)21)14(20)17-7-4-8-22-12-6-3-2-5-11(12)16/h2-3,5-6,10H,4,7-9H2,1H3,(H,17,20). The van der Waals surface area contributed by atoms with Crippen molar-refractivity contribution in [3.8, 4) is 5.75 Å². The number of benzene rings is 1. The summed E-state index contributed by atoms with van der Waals surface area (Å²) >= 11 is 0. The molecule has 22 heavy (non-hydrogen) atoms. The Morgan fingerprint density at radius 2 is 2.14 bits per heavy atom. The highest BCUT2D eigenvalue weighted by Crippen LogP contribution is 2.15. The first kappa shape index (κ1) is 15.9. The van der Waals surface area contributed by atoms with Crippen LogP contribution in [-0.4, -0.2) is 49.2 Å². The molecule has 0 bridgehead atoms. The zero-order valence-electron chi connectivity index (χ0n) is 12.2. The molecule has 1 fully saturated rings. The van der Waals surface area contributed by atoms with Crippen LogP contribution in [0.1, 0.15) is 6.42 Å². The SMILES string of the molecule is CN1CC(C(=O)NCCCOc2ccccc2F)C(=O)C1=O. The smallest absolute Gasteiger partial charge is 0.290 e. The van der Waals surface area contributed by atoms with Gasteiger partial charge in [-0.25, -0.2) is 4.39 Å². The van der Waals surface area contributed by atoms with E-state index in [1.54, 1.807) is 12.1 Å². The second-order valence-corrected chi connectivity index (χ2v) is 5.03. The lowest BCUT2D eigenvalue weighted by Crippen LogP contribution is -2.36. The van der Waals surface area contributed by atoms with Crippen molar-refractivity contribution in [1.29, 1.82) is 0 Å². The first-order chi connectivity index (χ1) is 10.5. The summed E-state index contributed by atoms with van der Waals surface area (Å²) in [6, 6.07) is 6.06. The number of para-hydroxylation sites is 1. The molecule has 1 aliphatic heterocycles. The van der Waals surface area contributed by atoms with Crippen molar-refractivity contribution in [3.05, 3.63) is 30.1 Å². The van der Waals surface area contributed by atoms with Gasteiger partial charge in [0.15, 0.2) is 11.6 Å². The molecule has 1 heterocycles. The van der Waals surface area contributed by atoms with Crippen molar-refractivity contribution in [1.82, 2.24) is 10.2 Å². The monoisotopic (exact) mass is 308 g/mol. The van der Waals surface area contributed by atoms with Crippen LogP contribution >= 0.6 is 0 Å². The highest BCUT2D eigenvalue weighted by molar-refractivity contribution is 6.42. The summed E-state index contributed by atoms with van der Waals surface area (Å²) in [4.78, 5) is 35.9. The van der Waals surface area contributed by atoms with Gasteiger partial charge in [-0.2, -0.15) is 0 Å². The minimum Gasteiger partial charge on any atom is -0.490 e. The fourth-order valence-electron chi connectivity index (χ4n) is 2.13. The number of carbonyl (C=O) groups excluding carboxylic acids is 3. The van der Waals surface area contributed by atoms with E-state index in [9.17, 15) is 18.8 Å². The van der Waals surface area contributed by atoms with E-state index < -0.39 is 29.3 Å². The number of halogens is 1. The predicted molar refractivity (Wildman–Crippen MR) is 75.7 cm³/mol. The van der Waals surface area contributed by atoms with Crippen LogP contribution in [-0.2, 0) is 14.4 Å². The molecule has 0 aliphatic carbocycles. The zero-order chi connectivity index (χ0) is 16.1. The maximum absolute atomic E-state index is 13.3. The number of nitrogens with zero attached hydrogens (tertiary/aromatic N) is 1. The molecule has 1 aliphatic rings. The van der Waals surface area contributed by atoms with Gasteiger partial charge in [-0.15, -0.1) is 0 Å². The van der Waals surface area contributed by atoms with E-state index in [4.69, 9.17) is 4.74 Å². The molecule has 0 radical (unpaired) electrons. The average Bonchev–Trinajstić information content (AvgIpc) is 2.76. The topological polar surface area (TPSA) is 75.7 Å². The van der Waals surface area contributed by atoms with Crippen molar-refractivity contribution in [2.75, 3.05) is 26.7 Å². The summed E-state index contributed by atoms with van der Waals surface area (Å²) in [6.45, 7) is 0.628. The number of ketones is 1. The fraction of sp³-hybridized carbons (Fsp3) is 0.400. The lowest BCUT2D eigenvalue weighted by Gasteiger charge is -2.10. The van der Waals surface area contributed by atoms with Gasteiger partial charge in [-0.05, 0) is 18.6 Å². The number of carbonyl (C=O) groups is 3. The molecule has 118 valence electrons. The number of hydrogen-bond acceptors (Lipinski definition) is 4. The Labute approximate surface area is 127 Å². The Hall–Kier alpha value is -2.44. The number of ether oxygens (including phenoxy) is 1. The molecule has 7 heteroatoms. The molecule has 1 unspecified atom stereocenters. The van der Waals surface area contributed by atoms with Gasteiger partial charge in [0.2, 0.25) is 11.7 Å². The highest BCUT2D eigenvalue weighted by atomic mass is 19.1. The van der Waals surface area contributed by atoms with Crippen molar-refractivity contribution >= 4 is 17.6 Å². The first-order valence-corrected chi connectivity index (χ1v) is 6.95. The summed E-state index contributed by atoms with van der Waals surface area (Å²) in [5, 5.41) is 2.58. The number of likely N-dealkylation sites (N-methyl/N-ethyl adjacent to an activating group) is 1. The minimum absolute atomic E-state index is 0.106. The van der Waals surface area contributed by atoms with Gasteiger partial charge in [-0.3, -0.25) is 14.4 Å². The number of hydrogen-bond donors (Lipinski definition) is 1. The summed E-state index contributed by atoms with van der Waals surface area (Å²) < 4.78 is 18.5. The Morgan fingerprint density at radius 1 is 1.41 bits per heavy atom. The summed E-state index contributed by atoms with van der Waals surface area (Å²) in [5.74, 6) is -3.00. The number of amides is 2. The number of rotatable bonds is 6. The second kappa shape index (κ2) is 7.02. The molecule has 0 saturated carbocycles. The normalized spacial score (nSPS) is 17.7. The van der Waals surface area contributed by atoms with Gasteiger partial charge in [0.1, 0.15) is 5.92 Å². The maximum Gasteiger partial charge on any atom is 0.290 e. The largest absolute Gasteiger partial charge is 0.490 e. The van der Waals surface area contributed by atoms with E-state index in [2.05, 4.69) is 5.32 Å². The Balaban J connectivity index is 1.69. The van der Waals surface area contributed by atoms with E-state index in [0.29, 0.717) is 6.42 Å². The molecule has 0 spiro atoms. The number of likely N-dealkylation sites (tertiary alicyclic amines) is 1. The summed E-state index contributed by atoms with van der Waals surface area (Å²) in [7, 11) is 1.48. The third-order valence-corrected chi connectivity index (χ3v) is 3.36. The van der Waals surface area contributed by atoms with Crippen LogP contribution in [0, 0.1) is 11.7 Å². The van der Waals surface area contributed by atoms with Gasteiger partial charge >= 0.3 is 0 Å². The third kappa shape index (κ3) is 3.60. The predicted octanol–water partition coefficient (Wildman–Crippen LogP) is 0.368. The quantitative estimate of drug-likeness (QED) is 0.468. The van der Waals surface area contributed by atoms with Crippen molar-refractivity contribution < 1.29 is 23.5 Å². The van der Waals surface area contributed by atoms with Crippen LogP contribution in [0.5, 0.6) is 5.75 Å². The lowest BCUT2D eigenvalue weighted by atomic mass is 10.1. The molecule has 6 nitrogen and oxygen atoms in total. The van der Waals surface area contributed by atoms with Gasteiger partial charge in [0, 0.05) is 20.1 Å². The second-order valence-electron chi connectivity index (χ2n) is 5.03. The van der Waals surface area contributed by atoms with E-state index >= 15 is 0 Å². The average molecular weight is 308 g/mol. The lowest BCUT2D eigenvalue weighted by molar-refractivity contribution is -0.142. The highest BCUT2D eigenvalue weighted by Gasteiger charge is 2.41. The molecule has 2 rings (SSSR count). The molecular formula is C15H17FN2O4. The molecule has 1 aromatic carbocycles. The molecular weight excluding hydrogens is 291 g/mol. The van der Waals surface area contributed by atoms with Crippen LogP contribution in [0.4, 0.5) is 4.39 Å². The fourth-order valence-corrected chi connectivity index (χ4v) is 2.13. The molecule has 1 saturated heterocycles. The minimum atomic E-state index is -0.940. The van der Waals surface area contributed by atoms with Crippen molar-refractivity contribution in [2.45, 2.75) is 6.42 Å². The van der Waals surface area contributed by atoms with Gasteiger partial charge in [0.05, 0.1) is 6.61 Å². The third-order valence-electron chi connectivity index (χ3n) is 3.36. The van der Waals surface area contributed by atoms with Crippen LogP contribution < -0.4 is 10.1 Å². The van der Waals surface area contributed by atoms with Crippen molar-refractivity contribution in [2.24, 2.45) is 5.92 Å². The Kier molecular flexibility index (Phi) is 5.08. The summed E-state index contributed by atoms with van der Waals surface area (Å²) in [6.07, 6.45) is 0.463. The first-order valence-electron chi connectivity index (χ1n) is 6.95. The van der Waals surface area contributed by atoms with E-state index in [1.165, 1.54) is 24.1 Å². The van der Waals surface area contributed by atoms with E-state index in [-0.39, 0.29) is 25.4 Å². The Morgan fingerprint density at radius 3 is 2.77 bits per heavy atom. The number of Topliss-reactive ketones (excluding diaryl/α,β-unsaturated/α-hetero) is 1. The van der Waals surface area contributed by atoms with Crippen LogP contribution in [0.15, 0.2) is 24.3 Å². The number of nitrogens with one attached hydrogen (secondary N) is 1. The molecule has 1 aromatic rings. The van der Waals surface area contributed by atoms with Gasteiger partial charge in [-0.1, -0.05) is 12.1 Å². The molecule has 1 N–H and O–H groups in total. The van der Waals surface area contributed by atoms with Crippen LogP contribution in [0.3, 0.4) is 0 Å². The van der Waals surface area contributed by atoms with Crippen molar-refractivity contribution in [3.63, 3.8) is 0 Å². The summed E-state index contributed by atoms with van der Waals surface area (Å²) in [5.41, 5.74) is 0.